The first-order valence-corrected chi connectivity index (χ1v) is 7.48. The first kappa shape index (κ1) is 14.3. The molecule has 0 aromatic heterocycles. The van der Waals surface area contributed by atoms with E-state index in [2.05, 4.69) is 9.80 Å². The Hall–Kier alpha value is -0.160. The van der Waals surface area contributed by atoms with Crippen LogP contribution in [0, 0.1) is 5.92 Å². The van der Waals surface area contributed by atoms with Crippen molar-refractivity contribution in [2.24, 2.45) is 5.92 Å². The Kier molecular flexibility index (Phi) is 5.89. The minimum atomic E-state index is -0.146. The molecule has 2 heterocycles. The molecule has 2 fully saturated rings. The Bertz CT molecular complexity index is 224. The Labute approximate surface area is 111 Å². The third kappa shape index (κ3) is 4.50. The highest BCUT2D eigenvalue weighted by atomic mass is 16.5. The first-order chi connectivity index (χ1) is 8.78. The summed E-state index contributed by atoms with van der Waals surface area (Å²) in [6, 6.07) is 0. The van der Waals surface area contributed by atoms with E-state index >= 15 is 0 Å². The van der Waals surface area contributed by atoms with E-state index in [9.17, 15) is 5.11 Å². The quantitative estimate of drug-likeness (QED) is 0.789. The molecule has 2 aliphatic heterocycles. The Morgan fingerprint density at radius 3 is 2.33 bits per heavy atom. The van der Waals surface area contributed by atoms with Crippen LogP contribution in [0.2, 0.25) is 0 Å². The number of nitrogens with zero attached hydrogens (tertiary/aromatic N) is 2. The third-order valence-corrected chi connectivity index (χ3v) is 4.26. The highest BCUT2D eigenvalue weighted by Gasteiger charge is 2.22. The molecule has 0 aromatic carbocycles. The van der Waals surface area contributed by atoms with E-state index < -0.39 is 0 Å². The van der Waals surface area contributed by atoms with Crippen LogP contribution in [0.25, 0.3) is 0 Å². The molecule has 0 unspecified atom stereocenters. The summed E-state index contributed by atoms with van der Waals surface area (Å²) in [4.78, 5) is 4.99. The lowest BCUT2D eigenvalue weighted by atomic mass is 9.99. The van der Waals surface area contributed by atoms with Gasteiger partial charge in [-0.1, -0.05) is 6.92 Å². The van der Waals surface area contributed by atoms with E-state index in [1.54, 1.807) is 0 Å². The Morgan fingerprint density at radius 2 is 1.72 bits per heavy atom. The van der Waals surface area contributed by atoms with Crippen LogP contribution in [0.15, 0.2) is 0 Å². The SMILES string of the molecule is CC[C@@H](O)CN1CCN(CC2CCOCC2)CC1. The lowest BCUT2D eigenvalue weighted by molar-refractivity contribution is 0.0340. The fraction of sp³-hybridized carbons (Fsp3) is 1.00. The van der Waals surface area contributed by atoms with Crippen LogP contribution in [0.4, 0.5) is 0 Å². The van der Waals surface area contributed by atoms with Gasteiger partial charge in [-0.2, -0.15) is 0 Å². The van der Waals surface area contributed by atoms with Crippen molar-refractivity contribution in [3.8, 4) is 0 Å². The second kappa shape index (κ2) is 7.43. The van der Waals surface area contributed by atoms with E-state index in [-0.39, 0.29) is 6.10 Å². The molecule has 1 N–H and O–H groups in total. The van der Waals surface area contributed by atoms with Gasteiger partial charge in [0, 0.05) is 52.5 Å². The molecule has 0 saturated carbocycles. The fourth-order valence-electron chi connectivity index (χ4n) is 2.88. The second-order valence-electron chi connectivity index (χ2n) is 5.72. The van der Waals surface area contributed by atoms with Crippen molar-refractivity contribution in [2.45, 2.75) is 32.3 Å². The zero-order chi connectivity index (χ0) is 12.8. The molecule has 0 aromatic rings. The number of β-amino-alcohol motifs (C(OH)–C–C–N with tert-alkyl or cyclic N) is 1. The fourth-order valence-corrected chi connectivity index (χ4v) is 2.88. The molecule has 2 saturated heterocycles. The molecule has 4 heteroatoms. The summed E-state index contributed by atoms with van der Waals surface area (Å²) in [6.07, 6.45) is 3.18. The average molecular weight is 256 g/mol. The summed E-state index contributed by atoms with van der Waals surface area (Å²) in [5.41, 5.74) is 0. The number of piperazine rings is 1. The van der Waals surface area contributed by atoms with Gasteiger partial charge in [-0.25, -0.2) is 0 Å². The second-order valence-corrected chi connectivity index (χ2v) is 5.72. The van der Waals surface area contributed by atoms with Crippen LogP contribution in [0.3, 0.4) is 0 Å². The lowest BCUT2D eigenvalue weighted by Gasteiger charge is -2.37. The van der Waals surface area contributed by atoms with Crippen LogP contribution in [0.5, 0.6) is 0 Å². The predicted molar refractivity (Wildman–Crippen MR) is 72.7 cm³/mol. The molecule has 18 heavy (non-hydrogen) atoms. The van der Waals surface area contributed by atoms with Gasteiger partial charge in [-0.05, 0) is 25.2 Å². The largest absolute Gasteiger partial charge is 0.392 e. The Balaban J connectivity index is 1.63. The molecular weight excluding hydrogens is 228 g/mol. The van der Waals surface area contributed by atoms with Gasteiger partial charge >= 0.3 is 0 Å². The topological polar surface area (TPSA) is 35.9 Å². The van der Waals surface area contributed by atoms with Crippen molar-refractivity contribution in [1.29, 1.82) is 0 Å². The Morgan fingerprint density at radius 1 is 1.11 bits per heavy atom. The van der Waals surface area contributed by atoms with Gasteiger partial charge in [0.25, 0.3) is 0 Å². The number of ether oxygens (including phenoxy) is 1. The van der Waals surface area contributed by atoms with Gasteiger partial charge in [-0.3, -0.25) is 4.90 Å². The third-order valence-electron chi connectivity index (χ3n) is 4.26. The van der Waals surface area contributed by atoms with E-state index in [0.717, 1.165) is 58.3 Å². The van der Waals surface area contributed by atoms with Gasteiger partial charge in [-0.15, -0.1) is 0 Å². The summed E-state index contributed by atoms with van der Waals surface area (Å²) in [5.74, 6) is 0.839. The number of hydrogen-bond acceptors (Lipinski definition) is 4. The van der Waals surface area contributed by atoms with Crippen LogP contribution in [-0.2, 0) is 4.74 Å². The van der Waals surface area contributed by atoms with E-state index in [1.807, 2.05) is 6.92 Å². The minimum absolute atomic E-state index is 0.146. The lowest BCUT2D eigenvalue weighted by Crippen LogP contribution is -2.49. The molecule has 0 amide bonds. The average Bonchev–Trinajstić information content (AvgIpc) is 2.42. The number of aliphatic hydroxyl groups is 1. The van der Waals surface area contributed by atoms with Crippen molar-refractivity contribution in [2.75, 3.05) is 52.5 Å². The van der Waals surface area contributed by atoms with Crippen LogP contribution >= 0.6 is 0 Å². The molecular formula is C14H28N2O2. The van der Waals surface area contributed by atoms with Crippen LogP contribution in [0.1, 0.15) is 26.2 Å². The van der Waals surface area contributed by atoms with Gasteiger partial charge in [0.05, 0.1) is 6.10 Å². The van der Waals surface area contributed by atoms with Crippen molar-refractivity contribution in [3.05, 3.63) is 0 Å². The summed E-state index contributed by atoms with van der Waals surface area (Å²) in [5, 5.41) is 9.67. The molecule has 4 nitrogen and oxygen atoms in total. The van der Waals surface area contributed by atoms with Gasteiger partial charge in [0.1, 0.15) is 0 Å². The van der Waals surface area contributed by atoms with Crippen molar-refractivity contribution >= 4 is 0 Å². The molecule has 106 valence electrons. The maximum Gasteiger partial charge on any atom is 0.0664 e. The normalized spacial score (nSPS) is 26.3. The van der Waals surface area contributed by atoms with Crippen molar-refractivity contribution in [1.82, 2.24) is 9.80 Å². The minimum Gasteiger partial charge on any atom is -0.392 e. The number of rotatable bonds is 5. The van der Waals surface area contributed by atoms with E-state index in [1.165, 1.54) is 19.4 Å². The van der Waals surface area contributed by atoms with Crippen molar-refractivity contribution in [3.63, 3.8) is 0 Å². The molecule has 1 atom stereocenters. The zero-order valence-electron chi connectivity index (χ0n) is 11.7. The molecule has 0 radical (unpaired) electrons. The van der Waals surface area contributed by atoms with E-state index in [0.29, 0.717) is 0 Å². The van der Waals surface area contributed by atoms with Gasteiger partial charge in [0.2, 0.25) is 0 Å². The molecule has 0 spiro atoms. The summed E-state index contributed by atoms with van der Waals surface area (Å²) in [6.45, 7) is 10.6. The maximum atomic E-state index is 9.67. The van der Waals surface area contributed by atoms with Crippen LogP contribution in [-0.4, -0.2) is 73.5 Å². The van der Waals surface area contributed by atoms with Crippen LogP contribution < -0.4 is 0 Å². The highest BCUT2D eigenvalue weighted by molar-refractivity contribution is 4.76. The summed E-state index contributed by atoms with van der Waals surface area (Å²) >= 11 is 0. The first-order valence-electron chi connectivity index (χ1n) is 7.48. The summed E-state index contributed by atoms with van der Waals surface area (Å²) in [7, 11) is 0. The summed E-state index contributed by atoms with van der Waals surface area (Å²) < 4.78 is 5.41. The van der Waals surface area contributed by atoms with Crippen molar-refractivity contribution < 1.29 is 9.84 Å². The standard InChI is InChI=1S/C14H28N2O2/c1-2-14(17)12-16-7-5-15(6-8-16)11-13-3-9-18-10-4-13/h13-14,17H,2-12H2,1H3/t14-/m1/s1. The predicted octanol–water partition coefficient (Wildman–Crippen LogP) is 0.802. The number of aliphatic hydroxyl groups excluding tert-OH is 1. The molecule has 0 bridgehead atoms. The monoisotopic (exact) mass is 256 g/mol. The zero-order valence-corrected chi connectivity index (χ0v) is 11.7. The van der Waals surface area contributed by atoms with E-state index in [4.69, 9.17) is 4.74 Å². The van der Waals surface area contributed by atoms with Gasteiger partial charge < -0.3 is 14.7 Å². The molecule has 0 aliphatic carbocycles. The smallest absolute Gasteiger partial charge is 0.0664 e. The molecule has 2 aliphatic rings. The molecule has 2 rings (SSSR count). The number of hydrogen-bond donors (Lipinski definition) is 1. The maximum absolute atomic E-state index is 9.67. The highest BCUT2D eigenvalue weighted by Crippen LogP contribution is 2.17. The van der Waals surface area contributed by atoms with Gasteiger partial charge in [0.15, 0.2) is 0 Å².